The van der Waals surface area contributed by atoms with Crippen LogP contribution in [-0.2, 0) is 17.9 Å². The van der Waals surface area contributed by atoms with Crippen LogP contribution in [0.1, 0.15) is 47.7 Å². The number of unbranched alkanes of at least 4 members (excludes halogenated alkanes) is 1. The van der Waals surface area contributed by atoms with Gasteiger partial charge in [0.1, 0.15) is 17.3 Å². The zero-order valence-electron chi connectivity index (χ0n) is 21.9. The van der Waals surface area contributed by atoms with Crippen molar-refractivity contribution in [1.82, 2.24) is 14.5 Å². The number of rotatable bonds is 10. The molecule has 192 valence electrons. The van der Waals surface area contributed by atoms with Gasteiger partial charge >= 0.3 is 0 Å². The number of nitrogens with zero attached hydrogens (tertiary/aromatic N) is 3. The number of hydrogen-bond acceptors (Lipinski definition) is 4. The molecule has 37 heavy (non-hydrogen) atoms. The van der Waals surface area contributed by atoms with E-state index >= 15 is 0 Å². The van der Waals surface area contributed by atoms with Crippen LogP contribution in [0.25, 0.3) is 11.0 Å². The van der Waals surface area contributed by atoms with Crippen LogP contribution in [0, 0.1) is 13.8 Å². The number of carbonyl (C=O) groups is 1. The molecule has 0 N–H and O–H groups in total. The number of hydrogen-bond donors (Lipinski definition) is 0. The highest BCUT2D eigenvalue weighted by atomic mass is 16.5. The van der Waals surface area contributed by atoms with Crippen LogP contribution in [0.15, 0.2) is 66.7 Å². The van der Waals surface area contributed by atoms with E-state index in [1.54, 1.807) is 7.11 Å². The van der Waals surface area contributed by atoms with Crippen molar-refractivity contribution in [3.05, 3.63) is 89.2 Å². The van der Waals surface area contributed by atoms with Crippen LogP contribution in [-0.4, -0.2) is 40.6 Å². The summed E-state index contributed by atoms with van der Waals surface area (Å²) in [7, 11) is 1.66. The molecule has 1 aliphatic heterocycles. The number of aromatic nitrogens is 2. The first-order chi connectivity index (χ1) is 18.0. The average Bonchev–Trinajstić information content (AvgIpc) is 3.46. The minimum atomic E-state index is 0.0879. The van der Waals surface area contributed by atoms with Crippen LogP contribution in [0.5, 0.6) is 11.5 Å². The number of amides is 1. The summed E-state index contributed by atoms with van der Waals surface area (Å²) in [5.41, 5.74) is 5.75. The molecule has 0 saturated carbocycles. The molecule has 3 aromatic carbocycles. The third-order valence-corrected chi connectivity index (χ3v) is 7.32. The molecular weight excluding hydrogens is 462 g/mol. The molecular formula is C31H35N3O3. The number of fused-ring (bicyclic) bond motifs is 1. The Morgan fingerprint density at radius 2 is 1.73 bits per heavy atom. The van der Waals surface area contributed by atoms with Crippen molar-refractivity contribution in [2.45, 2.75) is 52.1 Å². The van der Waals surface area contributed by atoms with Crippen LogP contribution >= 0.6 is 0 Å². The van der Waals surface area contributed by atoms with E-state index in [0.29, 0.717) is 26.1 Å². The monoisotopic (exact) mass is 497 g/mol. The molecule has 6 heteroatoms. The Bertz CT molecular complexity index is 1380. The van der Waals surface area contributed by atoms with Crippen molar-refractivity contribution in [3.8, 4) is 11.5 Å². The van der Waals surface area contributed by atoms with Crippen molar-refractivity contribution >= 4 is 16.9 Å². The molecule has 1 aromatic heterocycles. The van der Waals surface area contributed by atoms with E-state index in [9.17, 15) is 4.79 Å². The van der Waals surface area contributed by atoms with Gasteiger partial charge in [0, 0.05) is 32.0 Å². The van der Waals surface area contributed by atoms with Crippen LogP contribution in [0.4, 0.5) is 0 Å². The lowest BCUT2D eigenvalue weighted by Gasteiger charge is -2.18. The van der Waals surface area contributed by atoms with Gasteiger partial charge in [-0.25, -0.2) is 4.98 Å². The maximum Gasteiger partial charge on any atom is 0.223 e. The second-order valence-corrected chi connectivity index (χ2v) is 9.94. The number of imidazole rings is 1. The fourth-order valence-corrected chi connectivity index (χ4v) is 5.06. The number of para-hydroxylation sites is 2. The maximum absolute atomic E-state index is 12.9. The molecule has 1 amide bonds. The smallest absolute Gasteiger partial charge is 0.223 e. The normalized spacial score (nSPS) is 15.5. The predicted molar refractivity (Wildman–Crippen MR) is 146 cm³/mol. The zero-order valence-corrected chi connectivity index (χ0v) is 21.9. The molecule has 6 nitrogen and oxygen atoms in total. The summed E-state index contributed by atoms with van der Waals surface area (Å²) in [4.78, 5) is 19.9. The lowest BCUT2D eigenvalue weighted by molar-refractivity contribution is -0.128. The first kappa shape index (κ1) is 24.9. The summed E-state index contributed by atoms with van der Waals surface area (Å²) < 4.78 is 13.6. The van der Waals surface area contributed by atoms with Gasteiger partial charge in [-0.2, -0.15) is 0 Å². The number of methoxy groups -OCH3 is 1. The standard InChI is InChI=1S/C31H35N3O3/c1-22-10-13-27(18-23(22)2)37-17-7-6-16-34-29-9-5-4-8-28(29)32-31(34)25-19-30(35)33(21-25)20-24-11-14-26(36-3)15-12-24/h4-5,8-15,18,25H,6-7,16-17,19-21H2,1-3H3. The Kier molecular flexibility index (Phi) is 7.45. The zero-order chi connectivity index (χ0) is 25.8. The van der Waals surface area contributed by atoms with Crippen molar-refractivity contribution in [3.63, 3.8) is 0 Å². The Morgan fingerprint density at radius 3 is 2.51 bits per heavy atom. The Hall–Kier alpha value is -3.80. The van der Waals surface area contributed by atoms with Gasteiger partial charge in [0.05, 0.1) is 24.8 Å². The van der Waals surface area contributed by atoms with E-state index in [-0.39, 0.29) is 11.8 Å². The van der Waals surface area contributed by atoms with Crippen molar-refractivity contribution in [1.29, 1.82) is 0 Å². The molecule has 1 unspecified atom stereocenters. The number of ether oxygens (including phenoxy) is 2. The number of likely N-dealkylation sites (tertiary alicyclic amines) is 1. The summed E-state index contributed by atoms with van der Waals surface area (Å²) in [5, 5.41) is 0. The van der Waals surface area contributed by atoms with E-state index < -0.39 is 0 Å². The van der Waals surface area contributed by atoms with E-state index in [4.69, 9.17) is 14.5 Å². The fourth-order valence-electron chi connectivity index (χ4n) is 5.06. The summed E-state index contributed by atoms with van der Waals surface area (Å²) in [6.07, 6.45) is 2.43. The first-order valence-electron chi connectivity index (χ1n) is 13.1. The number of benzene rings is 3. The largest absolute Gasteiger partial charge is 0.497 e. The van der Waals surface area contributed by atoms with Gasteiger partial charge in [-0.05, 0) is 79.8 Å². The van der Waals surface area contributed by atoms with Crippen LogP contribution in [0.2, 0.25) is 0 Å². The molecule has 4 aromatic rings. The molecule has 1 fully saturated rings. The molecule has 0 aliphatic carbocycles. The van der Waals surface area contributed by atoms with Gasteiger partial charge in [0.2, 0.25) is 5.91 Å². The SMILES string of the molecule is COc1ccc(CN2CC(c3nc4ccccc4n3CCCCOc3ccc(C)c(C)c3)CC2=O)cc1. The Morgan fingerprint density at radius 1 is 0.946 bits per heavy atom. The third-order valence-electron chi connectivity index (χ3n) is 7.32. The van der Waals surface area contributed by atoms with Crippen molar-refractivity contribution < 1.29 is 14.3 Å². The summed E-state index contributed by atoms with van der Waals surface area (Å²) in [6.45, 7) is 7.05. The molecule has 1 aliphatic rings. The van der Waals surface area contributed by atoms with Crippen molar-refractivity contribution in [2.75, 3.05) is 20.3 Å². The quantitative estimate of drug-likeness (QED) is 0.251. The number of aryl methyl sites for hydroxylation is 3. The summed E-state index contributed by atoms with van der Waals surface area (Å²) in [6, 6.07) is 22.4. The molecule has 1 atom stereocenters. The summed E-state index contributed by atoms with van der Waals surface area (Å²) >= 11 is 0. The van der Waals surface area contributed by atoms with E-state index in [0.717, 1.165) is 53.3 Å². The fraction of sp³-hybridized carbons (Fsp3) is 0.355. The summed E-state index contributed by atoms with van der Waals surface area (Å²) in [5.74, 6) is 3.04. The van der Waals surface area contributed by atoms with Gasteiger partial charge in [-0.15, -0.1) is 0 Å². The molecule has 2 heterocycles. The van der Waals surface area contributed by atoms with E-state index in [2.05, 4.69) is 48.7 Å². The lowest BCUT2D eigenvalue weighted by atomic mass is 10.1. The Labute approximate surface area is 218 Å². The minimum Gasteiger partial charge on any atom is -0.497 e. The van der Waals surface area contributed by atoms with Gasteiger partial charge in [-0.1, -0.05) is 30.3 Å². The number of carbonyl (C=O) groups excluding carboxylic acids is 1. The third kappa shape index (κ3) is 5.63. The molecule has 5 rings (SSSR count). The van der Waals surface area contributed by atoms with Crippen molar-refractivity contribution in [2.24, 2.45) is 0 Å². The lowest BCUT2D eigenvalue weighted by Crippen LogP contribution is -2.24. The van der Waals surface area contributed by atoms with Gasteiger partial charge in [0.25, 0.3) is 0 Å². The first-order valence-corrected chi connectivity index (χ1v) is 13.1. The minimum absolute atomic E-state index is 0.0879. The van der Waals surface area contributed by atoms with Crippen LogP contribution < -0.4 is 9.47 Å². The van der Waals surface area contributed by atoms with Gasteiger partial charge in [0.15, 0.2) is 0 Å². The Balaban J connectivity index is 1.24. The average molecular weight is 498 g/mol. The molecule has 0 radical (unpaired) electrons. The highest BCUT2D eigenvalue weighted by Gasteiger charge is 2.33. The maximum atomic E-state index is 12.9. The van der Waals surface area contributed by atoms with Crippen LogP contribution in [0.3, 0.4) is 0 Å². The van der Waals surface area contributed by atoms with E-state index in [1.165, 1.54) is 11.1 Å². The topological polar surface area (TPSA) is 56.6 Å². The molecule has 1 saturated heterocycles. The highest BCUT2D eigenvalue weighted by molar-refractivity contribution is 5.81. The second-order valence-electron chi connectivity index (χ2n) is 9.94. The van der Waals surface area contributed by atoms with Gasteiger partial charge < -0.3 is 18.9 Å². The highest BCUT2D eigenvalue weighted by Crippen LogP contribution is 2.32. The molecule has 0 bridgehead atoms. The van der Waals surface area contributed by atoms with Gasteiger partial charge in [-0.3, -0.25) is 4.79 Å². The second kappa shape index (κ2) is 11.1. The predicted octanol–water partition coefficient (Wildman–Crippen LogP) is 6.04. The van der Waals surface area contributed by atoms with E-state index in [1.807, 2.05) is 41.3 Å². The molecule has 0 spiro atoms.